The van der Waals surface area contributed by atoms with E-state index in [-0.39, 0.29) is 18.3 Å². The largest absolute Gasteiger partial charge is 0.501 e. The van der Waals surface area contributed by atoms with E-state index in [2.05, 4.69) is 5.32 Å². The van der Waals surface area contributed by atoms with E-state index in [0.717, 1.165) is 11.6 Å². The molecule has 0 unspecified atom stereocenters. The molecule has 0 amide bonds. The van der Waals surface area contributed by atoms with E-state index in [9.17, 15) is 21.6 Å². The van der Waals surface area contributed by atoms with Crippen LogP contribution in [0.25, 0.3) is 0 Å². The van der Waals surface area contributed by atoms with Crippen molar-refractivity contribution in [2.45, 2.75) is 16.4 Å². The van der Waals surface area contributed by atoms with Crippen LogP contribution in [0.2, 0.25) is 0 Å². The Bertz CT molecular complexity index is 883. The minimum absolute atomic E-state index is 0.0930. The first kappa shape index (κ1) is 21.0. The summed E-state index contributed by atoms with van der Waals surface area (Å²) >= 11 is 0. The number of halogens is 3. The van der Waals surface area contributed by atoms with Crippen LogP contribution in [0.1, 0.15) is 11.6 Å². The predicted molar refractivity (Wildman–Crippen MR) is 97.6 cm³/mol. The zero-order chi connectivity index (χ0) is 20.2. The van der Waals surface area contributed by atoms with Gasteiger partial charge in [0.2, 0.25) is 0 Å². The number of nitrogens with one attached hydrogen (secondary N) is 1. The quantitative estimate of drug-likeness (QED) is 0.765. The molecular weight excluding hydrogens is 381 g/mol. The first-order valence-electron chi connectivity index (χ1n) is 8.02. The van der Waals surface area contributed by atoms with Gasteiger partial charge < -0.3 is 15.0 Å². The molecule has 0 aliphatic carbocycles. The highest BCUT2D eigenvalue weighted by Crippen LogP contribution is 2.34. The van der Waals surface area contributed by atoms with Crippen LogP contribution in [0.4, 0.5) is 18.9 Å². The average molecular weight is 402 g/mol. The summed E-state index contributed by atoms with van der Waals surface area (Å²) < 4.78 is 67.6. The van der Waals surface area contributed by atoms with Crippen LogP contribution in [-0.2, 0) is 9.84 Å². The van der Waals surface area contributed by atoms with Crippen molar-refractivity contribution in [2.75, 3.05) is 33.1 Å². The lowest BCUT2D eigenvalue weighted by molar-refractivity contribution is -0.0435. The molecule has 0 aliphatic rings. The fourth-order valence-corrected chi connectivity index (χ4v) is 3.56. The van der Waals surface area contributed by atoms with Crippen molar-refractivity contribution < 1.29 is 26.3 Å². The summed E-state index contributed by atoms with van der Waals surface area (Å²) in [4.78, 5) is 1.09. The maximum Gasteiger partial charge on any atom is 0.501 e. The van der Waals surface area contributed by atoms with Gasteiger partial charge in [-0.1, -0.05) is 24.3 Å². The number of nitrogens with zero attached hydrogens (tertiary/aromatic N) is 1. The lowest BCUT2D eigenvalue weighted by atomic mass is 10.1. The molecule has 0 heterocycles. The van der Waals surface area contributed by atoms with E-state index in [1.165, 1.54) is 18.2 Å². The van der Waals surface area contributed by atoms with Crippen LogP contribution in [0.15, 0.2) is 53.4 Å². The topological polar surface area (TPSA) is 58.6 Å². The molecular formula is C18H21F3N2O3S. The van der Waals surface area contributed by atoms with Crippen molar-refractivity contribution in [1.82, 2.24) is 4.90 Å². The summed E-state index contributed by atoms with van der Waals surface area (Å²) in [6.07, 6.45) is 0. The van der Waals surface area contributed by atoms with E-state index in [1.54, 1.807) is 13.2 Å². The summed E-state index contributed by atoms with van der Waals surface area (Å²) in [5.41, 5.74) is -4.58. The van der Waals surface area contributed by atoms with Gasteiger partial charge in [0.15, 0.2) is 0 Å². The molecule has 0 fully saturated rings. The number of sulfone groups is 1. The van der Waals surface area contributed by atoms with E-state index in [4.69, 9.17) is 4.74 Å². The molecule has 0 aliphatic heterocycles. The fraction of sp³-hybridized carbons (Fsp3) is 0.333. The van der Waals surface area contributed by atoms with Gasteiger partial charge in [0, 0.05) is 6.54 Å². The van der Waals surface area contributed by atoms with Crippen molar-refractivity contribution >= 4 is 15.5 Å². The van der Waals surface area contributed by atoms with Gasteiger partial charge in [0.1, 0.15) is 5.75 Å². The number of rotatable bonds is 7. The molecule has 1 N–H and O–H groups in total. The molecule has 5 nitrogen and oxygen atoms in total. The Kier molecular flexibility index (Phi) is 6.38. The number of likely N-dealkylation sites (N-methyl/N-ethyl adjacent to an activating group) is 1. The monoisotopic (exact) mass is 402 g/mol. The first-order valence-corrected chi connectivity index (χ1v) is 9.51. The number of hydrogen-bond donors (Lipinski definition) is 1. The highest BCUT2D eigenvalue weighted by Gasteiger charge is 2.47. The normalized spacial score (nSPS) is 13.4. The van der Waals surface area contributed by atoms with E-state index >= 15 is 0 Å². The van der Waals surface area contributed by atoms with E-state index < -0.39 is 20.2 Å². The van der Waals surface area contributed by atoms with Crippen LogP contribution >= 0.6 is 0 Å². The second-order valence-corrected chi connectivity index (χ2v) is 7.99. The van der Waals surface area contributed by atoms with Crippen molar-refractivity contribution in [1.29, 1.82) is 0 Å². The smallest absolute Gasteiger partial charge is 0.497 e. The first-order chi connectivity index (χ1) is 12.6. The van der Waals surface area contributed by atoms with E-state index in [0.29, 0.717) is 5.75 Å². The van der Waals surface area contributed by atoms with E-state index in [1.807, 2.05) is 37.2 Å². The number of para-hydroxylation sites is 1. The summed E-state index contributed by atoms with van der Waals surface area (Å²) in [5, 5.41) is 2.85. The number of alkyl halides is 3. The summed E-state index contributed by atoms with van der Waals surface area (Å²) in [6.45, 7) is 0.199. The third-order valence-electron chi connectivity index (χ3n) is 4.07. The summed E-state index contributed by atoms with van der Waals surface area (Å²) in [6, 6.07) is 12.1. The molecule has 148 valence electrons. The number of anilines is 1. The Morgan fingerprint density at radius 3 is 2.37 bits per heavy atom. The zero-order valence-corrected chi connectivity index (χ0v) is 15.9. The van der Waals surface area contributed by atoms with Gasteiger partial charge in [-0.15, -0.1) is 0 Å². The Balaban J connectivity index is 2.32. The molecule has 2 aromatic carbocycles. The number of methoxy groups -OCH3 is 1. The third kappa shape index (κ3) is 4.72. The summed E-state index contributed by atoms with van der Waals surface area (Å²) in [7, 11) is -0.258. The van der Waals surface area contributed by atoms with Gasteiger partial charge >= 0.3 is 5.51 Å². The maximum absolute atomic E-state index is 12.9. The third-order valence-corrected chi connectivity index (χ3v) is 5.61. The molecule has 9 heteroatoms. The molecule has 0 aromatic heterocycles. The van der Waals surface area contributed by atoms with Gasteiger partial charge in [-0.3, -0.25) is 0 Å². The average Bonchev–Trinajstić information content (AvgIpc) is 2.61. The minimum Gasteiger partial charge on any atom is -0.497 e. The summed E-state index contributed by atoms with van der Waals surface area (Å²) in [5.74, 6) is 0.652. The van der Waals surface area contributed by atoms with Gasteiger partial charge in [0.05, 0.1) is 23.7 Å². The van der Waals surface area contributed by atoms with Crippen LogP contribution in [-0.4, -0.2) is 46.6 Å². The Morgan fingerprint density at radius 1 is 1.11 bits per heavy atom. The van der Waals surface area contributed by atoms with Crippen molar-refractivity contribution in [3.05, 3.63) is 54.1 Å². The molecule has 0 radical (unpaired) electrons. The maximum atomic E-state index is 12.9. The van der Waals surface area contributed by atoms with Crippen LogP contribution in [0.3, 0.4) is 0 Å². The van der Waals surface area contributed by atoms with Crippen LogP contribution < -0.4 is 10.1 Å². The van der Waals surface area contributed by atoms with Crippen LogP contribution in [0.5, 0.6) is 5.75 Å². The minimum atomic E-state index is -5.45. The lowest BCUT2D eigenvalue weighted by Crippen LogP contribution is -2.28. The molecule has 2 rings (SSSR count). The molecule has 0 bridgehead atoms. The van der Waals surface area contributed by atoms with Crippen molar-refractivity contribution in [3.8, 4) is 5.75 Å². The second-order valence-electron chi connectivity index (χ2n) is 6.08. The van der Waals surface area contributed by atoms with Gasteiger partial charge in [-0.25, -0.2) is 8.42 Å². The SMILES string of the molecule is COc1cccc([C@@H](CNc2ccccc2S(=O)(=O)C(F)(F)F)N(C)C)c1. The molecule has 0 saturated heterocycles. The molecule has 1 atom stereocenters. The zero-order valence-electron chi connectivity index (χ0n) is 15.1. The number of benzene rings is 2. The highest BCUT2D eigenvalue weighted by atomic mass is 32.2. The Morgan fingerprint density at radius 2 is 1.78 bits per heavy atom. The van der Waals surface area contributed by atoms with Crippen molar-refractivity contribution in [3.63, 3.8) is 0 Å². The molecule has 2 aromatic rings. The predicted octanol–water partition coefficient (Wildman–Crippen LogP) is 3.70. The molecule has 27 heavy (non-hydrogen) atoms. The second kappa shape index (κ2) is 8.18. The Labute approximate surface area is 156 Å². The molecule has 0 spiro atoms. The van der Waals surface area contributed by atoms with Gasteiger partial charge in [0.25, 0.3) is 9.84 Å². The van der Waals surface area contributed by atoms with Crippen LogP contribution in [0, 0.1) is 0 Å². The van der Waals surface area contributed by atoms with Crippen molar-refractivity contribution in [2.24, 2.45) is 0 Å². The van der Waals surface area contributed by atoms with Gasteiger partial charge in [-0.05, 0) is 43.9 Å². The highest BCUT2D eigenvalue weighted by molar-refractivity contribution is 7.92. The molecule has 0 saturated carbocycles. The number of hydrogen-bond acceptors (Lipinski definition) is 5. The van der Waals surface area contributed by atoms with Gasteiger partial charge in [-0.2, -0.15) is 13.2 Å². The standard InChI is InChI=1S/C18H21F3N2O3S/c1-23(2)16(13-7-6-8-14(11-13)26-3)12-22-15-9-4-5-10-17(15)27(24,25)18(19,20)21/h4-11,16,22H,12H2,1-3H3/t16-/m1/s1. The lowest BCUT2D eigenvalue weighted by Gasteiger charge is -2.26. The number of ether oxygens (including phenoxy) is 1. The fourth-order valence-electron chi connectivity index (χ4n) is 2.63. The Hall–Kier alpha value is -2.26.